The van der Waals surface area contributed by atoms with Crippen LogP contribution in [0.15, 0.2) is 5.18 Å². The predicted molar refractivity (Wildman–Crippen MR) is 178 cm³/mol. The average molecular weight is 737 g/mol. The lowest BCUT2D eigenvalue weighted by molar-refractivity contribution is -0.288. The van der Waals surface area contributed by atoms with Crippen LogP contribution in [0, 0.1) is 16.7 Å². The van der Waals surface area contributed by atoms with Gasteiger partial charge in [-0.1, -0.05) is 45.4 Å². The highest BCUT2D eigenvalue weighted by Crippen LogP contribution is 2.39. The Balaban J connectivity index is 1.49. The summed E-state index contributed by atoms with van der Waals surface area (Å²) in [4.78, 5) is 33.7. The van der Waals surface area contributed by atoms with Gasteiger partial charge in [0, 0.05) is 36.8 Å². The predicted octanol–water partition coefficient (Wildman–Crippen LogP) is -1.12. The molecule has 296 valence electrons. The smallest absolute Gasteiger partial charge is 0.286 e. The molecule has 0 radical (unpaired) electrons. The van der Waals surface area contributed by atoms with Gasteiger partial charge in [-0.15, -0.1) is 4.91 Å². The van der Waals surface area contributed by atoms with Gasteiger partial charge in [0.25, 0.3) is 5.91 Å². The summed E-state index contributed by atoms with van der Waals surface area (Å²) < 4.78 is 17.2. The highest BCUT2D eigenvalue weighted by molar-refractivity contribution is 5.76. The van der Waals surface area contributed by atoms with Gasteiger partial charge < -0.3 is 65.5 Å². The third kappa shape index (κ3) is 12.1. The largest absolute Gasteiger partial charge is 0.394 e. The zero-order chi connectivity index (χ0) is 37.9. The summed E-state index contributed by atoms with van der Waals surface area (Å²) >= 11 is 0. The highest BCUT2D eigenvalue weighted by atomic mass is 16.7. The molecule has 1 aliphatic carbocycles. The molecule has 17 nitrogen and oxygen atoms in total. The molecule has 1 saturated carbocycles. The fourth-order valence-electron chi connectivity index (χ4n) is 7.59. The molecule has 0 aromatic heterocycles. The third-order valence-corrected chi connectivity index (χ3v) is 10.7. The fourth-order valence-corrected chi connectivity index (χ4v) is 7.59. The molecule has 0 bridgehead atoms. The minimum Gasteiger partial charge on any atom is -0.394 e. The maximum Gasteiger partial charge on any atom is 0.286 e. The van der Waals surface area contributed by atoms with Crippen molar-refractivity contribution in [2.75, 3.05) is 13.2 Å². The number of nitrogens with zero attached hydrogens (tertiary/aromatic N) is 1. The Hall–Kier alpha value is -1.74. The van der Waals surface area contributed by atoms with E-state index in [-0.39, 0.29) is 38.7 Å². The average Bonchev–Trinajstić information content (AvgIpc) is 3.19. The summed E-state index contributed by atoms with van der Waals surface area (Å²) in [5, 5.41) is 101. The molecule has 17 heteroatoms. The van der Waals surface area contributed by atoms with Gasteiger partial charge in [0.15, 0.2) is 6.29 Å². The summed E-state index contributed by atoms with van der Waals surface area (Å²) in [6, 6.07) is -1.14. The van der Waals surface area contributed by atoms with Gasteiger partial charge in [-0.25, -0.2) is 0 Å². The van der Waals surface area contributed by atoms with E-state index in [0.29, 0.717) is 12.8 Å². The number of carbonyl (C=O) groups excluding carboxylic acids is 2. The van der Waals surface area contributed by atoms with Crippen LogP contribution in [-0.2, 0) is 23.8 Å². The van der Waals surface area contributed by atoms with Crippen LogP contribution in [0.25, 0.3) is 0 Å². The van der Waals surface area contributed by atoms with E-state index >= 15 is 0 Å². The molecule has 3 fully saturated rings. The van der Waals surface area contributed by atoms with Crippen molar-refractivity contribution >= 4 is 11.8 Å². The van der Waals surface area contributed by atoms with Gasteiger partial charge in [-0.05, 0) is 32.1 Å². The Bertz CT molecular complexity index is 1090. The Kier molecular flexibility index (Phi) is 17.7. The summed E-state index contributed by atoms with van der Waals surface area (Å²) in [7, 11) is 0. The zero-order valence-corrected chi connectivity index (χ0v) is 29.6. The first kappa shape index (κ1) is 43.7. The second-order valence-electron chi connectivity index (χ2n) is 14.9. The van der Waals surface area contributed by atoms with Gasteiger partial charge >= 0.3 is 0 Å². The molecule has 3 aliphatic rings. The van der Waals surface area contributed by atoms with Crippen LogP contribution in [0.4, 0.5) is 0 Å². The molecule has 51 heavy (non-hydrogen) atoms. The van der Waals surface area contributed by atoms with Crippen molar-refractivity contribution in [3.8, 4) is 0 Å². The van der Waals surface area contributed by atoms with Crippen molar-refractivity contribution in [1.29, 1.82) is 0 Å². The van der Waals surface area contributed by atoms with Crippen molar-refractivity contribution in [3.63, 3.8) is 0 Å². The fraction of sp³-hybridized carbons (Fsp3) is 0.941. The van der Waals surface area contributed by atoms with E-state index in [0.717, 1.165) is 38.5 Å². The standard InChI is InChI=1S/C34H60N2O15/c1-18-13-19(38)27(20(39)14-23(18)50-33-31(46)29(44)22(41)17-49-33)21(40)15-34(2)32(47)30(45)28(24(16-37)51-34)35-25(42)11-9-7-5-3-4-6-8-10-12-26(43)36-48/h18-24,27-33,37-41,44-47H,3-17H2,1-2H3,(H,35,42)/t18-,19?,20?,21+,22-,23?,24?,27?,28+,29-,30-,31?,32?,33+,34-/m1/s1. The summed E-state index contributed by atoms with van der Waals surface area (Å²) in [5.74, 6) is -2.56. The normalized spacial score (nSPS) is 39.5. The summed E-state index contributed by atoms with van der Waals surface area (Å²) in [6.07, 6.45) is -8.22. The number of aliphatic hydroxyl groups is 9. The van der Waals surface area contributed by atoms with E-state index in [2.05, 4.69) is 10.5 Å². The number of nitrogens with one attached hydrogen (secondary N) is 1. The topological polar surface area (TPSA) is 285 Å². The molecule has 2 aliphatic heterocycles. The molecule has 2 saturated heterocycles. The van der Waals surface area contributed by atoms with Gasteiger partial charge in [0.05, 0.1) is 49.3 Å². The van der Waals surface area contributed by atoms with E-state index in [1.807, 2.05) is 0 Å². The van der Waals surface area contributed by atoms with E-state index in [1.54, 1.807) is 6.92 Å². The number of ether oxygens (including phenoxy) is 3. The highest BCUT2D eigenvalue weighted by Gasteiger charge is 2.54. The van der Waals surface area contributed by atoms with E-state index < -0.39 is 109 Å². The minimum absolute atomic E-state index is 0.0677. The summed E-state index contributed by atoms with van der Waals surface area (Å²) in [5.41, 5.74) is -1.65. The van der Waals surface area contributed by atoms with Gasteiger partial charge in [-0.2, -0.15) is 0 Å². The van der Waals surface area contributed by atoms with E-state index in [9.17, 15) is 60.5 Å². The van der Waals surface area contributed by atoms with Crippen molar-refractivity contribution in [2.24, 2.45) is 17.0 Å². The van der Waals surface area contributed by atoms with Crippen LogP contribution in [-0.4, -0.2) is 150 Å². The summed E-state index contributed by atoms with van der Waals surface area (Å²) in [6.45, 7) is 2.28. The van der Waals surface area contributed by atoms with Gasteiger partial charge in [-0.3, -0.25) is 9.59 Å². The monoisotopic (exact) mass is 736 g/mol. The molecule has 2 heterocycles. The molecule has 15 atom stereocenters. The van der Waals surface area contributed by atoms with Crippen LogP contribution < -0.4 is 5.32 Å². The number of rotatable bonds is 18. The second kappa shape index (κ2) is 20.6. The van der Waals surface area contributed by atoms with Crippen molar-refractivity contribution < 1.29 is 69.8 Å². The SMILES string of the molecule is C[C@@H]1CC(O)C([C@@H](O)C[C@@]2(C)OC(CO)[C@H](NC(=O)CCCCCCCCCCC(=O)N=O)[C@@H](O)C2O)C(O)CC1O[C@@H]1OC[C@@H](O)[C@@H](O)C1O. The minimum atomic E-state index is -1.65. The quantitative estimate of drug-likeness (QED) is 0.0453. The second-order valence-corrected chi connectivity index (χ2v) is 14.9. The molecule has 3 rings (SSSR count). The van der Waals surface area contributed by atoms with E-state index in [1.165, 1.54) is 6.92 Å². The first-order chi connectivity index (χ1) is 24.1. The molecule has 2 amide bonds. The van der Waals surface area contributed by atoms with Crippen molar-refractivity contribution in [3.05, 3.63) is 4.91 Å². The van der Waals surface area contributed by atoms with Crippen LogP contribution in [0.3, 0.4) is 0 Å². The lowest BCUT2D eigenvalue weighted by Gasteiger charge is -2.50. The van der Waals surface area contributed by atoms with Gasteiger partial charge in [0.2, 0.25) is 5.91 Å². The van der Waals surface area contributed by atoms with E-state index in [4.69, 9.17) is 14.2 Å². The third-order valence-electron chi connectivity index (χ3n) is 10.7. The van der Waals surface area contributed by atoms with Crippen LogP contribution in [0.2, 0.25) is 0 Å². The molecule has 0 spiro atoms. The molecular weight excluding hydrogens is 676 g/mol. The number of amides is 2. The maximum absolute atomic E-state index is 12.7. The van der Waals surface area contributed by atoms with Crippen LogP contribution in [0.5, 0.6) is 0 Å². The first-order valence-electron chi connectivity index (χ1n) is 18.3. The number of hydrogen-bond donors (Lipinski definition) is 10. The zero-order valence-electron chi connectivity index (χ0n) is 29.6. The van der Waals surface area contributed by atoms with Crippen LogP contribution >= 0.6 is 0 Å². The molecule has 0 aromatic rings. The van der Waals surface area contributed by atoms with Crippen molar-refractivity contribution in [1.82, 2.24) is 5.32 Å². The molecule has 7 unspecified atom stereocenters. The molecular formula is C34H60N2O15. The Morgan fingerprint density at radius 3 is 2.06 bits per heavy atom. The Morgan fingerprint density at radius 1 is 0.863 bits per heavy atom. The maximum atomic E-state index is 12.7. The lowest BCUT2D eigenvalue weighted by Crippen LogP contribution is -2.69. The molecule has 0 aromatic carbocycles. The number of aliphatic hydroxyl groups excluding tert-OH is 9. The number of nitroso groups, excluding NO2 is 1. The Morgan fingerprint density at radius 2 is 1.45 bits per heavy atom. The molecule has 10 N–H and O–H groups in total. The number of hydrogen-bond acceptors (Lipinski definition) is 15. The van der Waals surface area contributed by atoms with Crippen molar-refractivity contribution in [2.45, 2.75) is 176 Å². The first-order valence-corrected chi connectivity index (χ1v) is 18.3. The lowest BCUT2D eigenvalue weighted by atomic mass is 9.77. The van der Waals surface area contributed by atoms with Crippen LogP contribution in [0.1, 0.15) is 97.3 Å². The van der Waals surface area contributed by atoms with Gasteiger partial charge in [0.1, 0.15) is 36.6 Å². The number of carbonyl (C=O) groups is 2. The Labute approximate surface area is 298 Å². The number of unbranched alkanes of at least 4 members (excludes halogenated alkanes) is 7.